The summed E-state index contributed by atoms with van der Waals surface area (Å²) in [7, 11) is 0. The van der Waals surface area contributed by atoms with Gasteiger partial charge in [-0.05, 0) is 0 Å². The molecule has 0 saturated carbocycles. The smallest absolute Gasteiger partial charge is 0.202 e. The highest BCUT2D eigenvalue weighted by atomic mass is 35.6. The summed E-state index contributed by atoms with van der Waals surface area (Å²) in [6.45, 7) is 0. The number of nitrogens with two attached hydrogens (primary N) is 2. The van der Waals surface area contributed by atoms with E-state index in [1.165, 1.54) is 0 Å². The van der Waals surface area contributed by atoms with Gasteiger partial charge in [0.2, 0.25) is 8.91 Å². The zero-order valence-corrected chi connectivity index (χ0v) is 28.8. The van der Waals surface area contributed by atoms with Crippen LogP contribution in [0.15, 0.2) is 0 Å². The van der Waals surface area contributed by atoms with Crippen LogP contribution in [0.3, 0.4) is 0 Å². The van der Waals surface area contributed by atoms with Gasteiger partial charge in [-0.2, -0.15) is 0 Å². The van der Waals surface area contributed by atoms with E-state index >= 15 is 0 Å². The zero-order chi connectivity index (χ0) is 27.0. The minimum absolute atomic E-state index is 2.65. The molecular weight excluding hydrogens is 857 g/mol. The number of rotatable bonds is 9. The first-order chi connectivity index (χ1) is 13.2. The minimum atomic E-state index is -3.19. The van der Waals surface area contributed by atoms with Crippen LogP contribution < -0.4 is 11.5 Å². The van der Waals surface area contributed by atoms with Crippen molar-refractivity contribution < 1.29 is 0 Å². The van der Waals surface area contributed by atoms with E-state index in [4.69, 9.17) is 243 Å². The number of hydrogen-bond acceptors (Lipinski definition) is 2. The van der Waals surface area contributed by atoms with Gasteiger partial charge in [0.1, 0.15) is 0 Å². The van der Waals surface area contributed by atoms with Crippen molar-refractivity contribution in [2.24, 2.45) is 11.5 Å². The lowest BCUT2D eigenvalue weighted by atomic mass is 10.0. The Morgan fingerprint density at radius 2 is 0.312 bits per heavy atom. The summed E-state index contributed by atoms with van der Waals surface area (Å²) in [5.41, 5.74) is 10.9. The second kappa shape index (κ2) is 10.8. The third kappa shape index (κ3) is 5.73. The molecule has 0 atom stereocenters. The fourth-order valence-electron chi connectivity index (χ4n) is 1.60. The molecule has 0 aromatic heterocycles. The predicted octanol–water partition coefficient (Wildman–Crippen LogP) is 10.6. The lowest BCUT2D eigenvalue weighted by Gasteiger charge is -2.56. The van der Waals surface area contributed by atoms with Crippen molar-refractivity contribution in [2.45, 2.75) is 43.6 Å². The lowest BCUT2D eigenvalue weighted by molar-refractivity contribution is 0.421. The van der Waals surface area contributed by atoms with E-state index in [1.807, 2.05) is 0 Å². The van der Waals surface area contributed by atoms with E-state index in [1.54, 1.807) is 0 Å². The number of hydrogen-bond donors (Lipinski definition) is 2. The highest BCUT2D eigenvalue weighted by molar-refractivity contribution is 6.82. The number of halogens is 20. The predicted molar refractivity (Wildman–Crippen MR) is 153 cm³/mol. The van der Waals surface area contributed by atoms with Gasteiger partial charge in [0.15, 0.2) is 34.7 Å². The normalized spacial score (nSPS) is 17.1. The maximum Gasteiger partial charge on any atom is 0.202 e. The van der Waals surface area contributed by atoms with Crippen molar-refractivity contribution in [2.75, 3.05) is 0 Å². The Kier molecular flexibility index (Phi) is 12.8. The summed E-state index contributed by atoms with van der Waals surface area (Å²) >= 11 is 122. The topological polar surface area (TPSA) is 52.0 Å². The van der Waals surface area contributed by atoms with Crippen molar-refractivity contribution in [1.82, 2.24) is 0 Å². The van der Waals surface area contributed by atoms with Gasteiger partial charge in [0.05, 0.1) is 0 Å². The van der Waals surface area contributed by atoms with Crippen molar-refractivity contribution in [3.8, 4) is 0 Å². The largest absolute Gasteiger partial charge is 0.298 e. The quantitative estimate of drug-likeness (QED) is 0.179. The SMILES string of the molecule is NC(Cl)(Cl)C(Cl)(Cl)C(Cl)(Cl)C(Cl)(Cl)C(Cl)(Cl)C(Cl)(Cl)C(Cl)(Cl)C(Cl)(Cl)C(Cl)(Cl)C(N)(Cl)Cl. The molecule has 194 valence electrons. The molecule has 0 rings (SSSR count). The molecule has 0 aromatic rings. The first-order valence-electron chi connectivity index (χ1n) is 6.61. The Morgan fingerprint density at radius 3 is 0.406 bits per heavy atom. The number of alkyl halides is 20. The summed E-state index contributed by atoms with van der Waals surface area (Å²) in [4.78, 5) is 0. The van der Waals surface area contributed by atoms with E-state index in [2.05, 4.69) is 0 Å². The van der Waals surface area contributed by atoms with E-state index < -0.39 is 43.6 Å². The molecule has 0 aromatic carbocycles. The van der Waals surface area contributed by atoms with Gasteiger partial charge in [-0.25, -0.2) is 0 Å². The summed E-state index contributed by atoms with van der Waals surface area (Å²) in [5.74, 6) is 0. The Morgan fingerprint density at radius 1 is 0.219 bits per heavy atom. The van der Waals surface area contributed by atoms with Crippen LogP contribution in [-0.2, 0) is 0 Å². The summed E-state index contributed by atoms with van der Waals surface area (Å²) in [5, 5.41) is 0. The minimum Gasteiger partial charge on any atom is -0.298 e. The second-order valence-corrected chi connectivity index (χ2v) is 19.2. The first-order valence-corrected chi connectivity index (χ1v) is 14.2. The summed E-state index contributed by atoms with van der Waals surface area (Å²) in [6, 6.07) is 0. The molecule has 0 aliphatic carbocycles. The summed E-state index contributed by atoms with van der Waals surface area (Å²) in [6.07, 6.45) is 0. The Labute approximate surface area is 283 Å². The molecule has 0 amide bonds. The molecule has 0 radical (unpaired) electrons. The van der Waals surface area contributed by atoms with Crippen LogP contribution in [0.2, 0.25) is 0 Å². The van der Waals surface area contributed by atoms with Crippen LogP contribution in [0, 0.1) is 0 Å². The molecule has 22 heteroatoms. The molecule has 0 bridgehead atoms. The molecule has 0 fully saturated rings. The maximum absolute atomic E-state index is 6.27. The van der Waals surface area contributed by atoms with Crippen molar-refractivity contribution in [3.63, 3.8) is 0 Å². The molecule has 0 saturated heterocycles. The molecule has 0 aliphatic heterocycles. The monoisotopic (exact) mass is 851 g/mol. The van der Waals surface area contributed by atoms with Crippen LogP contribution in [0.1, 0.15) is 0 Å². The average Bonchev–Trinajstić information content (AvgIpc) is 2.51. The molecule has 0 heterocycles. The van der Waals surface area contributed by atoms with Crippen LogP contribution in [0.4, 0.5) is 0 Å². The van der Waals surface area contributed by atoms with Gasteiger partial charge in [-0.3, -0.25) is 11.5 Å². The molecule has 0 spiro atoms. The van der Waals surface area contributed by atoms with E-state index in [9.17, 15) is 0 Å². The Balaban J connectivity index is 7.00. The zero-order valence-electron chi connectivity index (χ0n) is 13.7. The molecule has 4 N–H and O–H groups in total. The van der Waals surface area contributed by atoms with Gasteiger partial charge in [0.25, 0.3) is 0 Å². The highest BCUT2D eigenvalue weighted by Gasteiger charge is 2.83. The fraction of sp³-hybridized carbons (Fsp3) is 1.00. The molecular formula is C10H4Cl20N2. The van der Waals surface area contributed by atoms with Crippen LogP contribution in [0.5, 0.6) is 0 Å². The van der Waals surface area contributed by atoms with Crippen molar-refractivity contribution >= 4 is 232 Å². The maximum atomic E-state index is 6.27. The standard InChI is InChI=1S/C10H4Cl20N2/c11-1(12,3(15,16)5(19,20)7(23,24)9(27,28)31)2(13,14)4(17,18)6(21,22)8(25,26)10(29,30)32/h31-32H2. The van der Waals surface area contributed by atoms with Crippen LogP contribution in [-0.4, -0.2) is 43.6 Å². The van der Waals surface area contributed by atoms with Crippen molar-refractivity contribution in [1.29, 1.82) is 0 Å². The summed E-state index contributed by atoms with van der Waals surface area (Å²) < 4.78 is -29.8. The van der Waals surface area contributed by atoms with Gasteiger partial charge in [0, 0.05) is 0 Å². The fourth-order valence-corrected chi connectivity index (χ4v) is 7.71. The van der Waals surface area contributed by atoms with Crippen molar-refractivity contribution in [3.05, 3.63) is 0 Å². The Hall–Kier alpha value is 5.72. The third-order valence-corrected chi connectivity index (χ3v) is 17.3. The van der Waals surface area contributed by atoms with Gasteiger partial charge < -0.3 is 0 Å². The Bertz CT molecular complexity index is 636. The molecule has 2 nitrogen and oxygen atoms in total. The van der Waals surface area contributed by atoms with E-state index in [0.29, 0.717) is 0 Å². The van der Waals surface area contributed by atoms with Gasteiger partial charge >= 0.3 is 0 Å². The molecule has 0 unspecified atom stereocenters. The third-order valence-electron chi connectivity index (χ3n) is 3.60. The van der Waals surface area contributed by atoms with Gasteiger partial charge in [-0.15, -0.1) is 0 Å². The first kappa shape index (κ1) is 37.7. The van der Waals surface area contributed by atoms with E-state index in [0.717, 1.165) is 0 Å². The van der Waals surface area contributed by atoms with E-state index in [-0.39, 0.29) is 0 Å². The van der Waals surface area contributed by atoms with Gasteiger partial charge in [-0.1, -0.05) is 232 Å². The molecule has 32 heavy (non-hydrogen) atoms. The lowest BCUT2D eigenvalue weighted by Crippen LogP contribution is -2.73. The average molecular weight is 861 g/mol. The molecule has 0 aliphatic rings. The van der Waals surface area contributed by atoms with Crippen LogP contribution in [0.25, 0.3) is 0 Å². The second-order valence-electron chi connectivity index (χ2n) is 5.84. The highest BCUT2D eigenvalue weighted by Crippen LogP contribution is 2.73. The van der Waals surface area contributed by atoms with Crippen LogP contribution >= 0.6 is 232 Å².